The minimum absolute atomic E-state index is 0.317. The minimum Gasteiger partial charge on any atom is -0.247 e. The predicted octanol–water partition coefficient (Wildman–Crippen LogP) is 2.98. The van der Waals surface area contributed by atoms with Crippen LogP contribution in [0.25, 0.3) is 0 Å². The second kappa shape index (κ2) is 5.23. The lowest BCUT2D eigenvalue weighted by atomic mass is 10.2. The molecular formula is C10H11ClN2S. The number of pyridine rings is 1. The maximum absolute atomic E-state index is 8.76. The number of aryl methyl sites for hydroxylation is 1. The van der Waals surface area contributed by atoms with Gasteiger partial charge in [-0.3, -0.25) is 0 Å². The molecule has 0 fully saturated rings. The molecule has 4 heteroatoms. The highest BCUT2D eigenvalue weighted by Gasteiger charge is 2.05. The van der Waals surface area contributed by atoms with E-state index in [9.17, 15) is 0 Å². The normalized spacial score (nSPS) is 12.1. The molecule has 0 amide bonds. The number of aromatic nitrogens is 1. The van der Waals surface area contributed by atoms with Crippen molar-refractivity contribution in [1.82, 2.24) is 4.98 Å². The van der Waals surface area contributed by atoms with Crippen LogP contribution < -0.4 is 0 Å². The number of hydrogen-bond donors (Lipinski definition) is 0. The highest BCUT2D eigenvalue weighted by atomic mass is 35.5. The van der Waals surface area contributed by atoms with E-state index >= 15 is 0 Å². The Balaban J connectivity index is 2.88. The van der Waals surface area contributed by atoms with Crippen LogP contribution >= 0.6 is 23.4 Å². The van der Waals surface area contributed by atoms with E-state index in [1.165, 1.54) is 0 Å². The molecule has 0 radical (unpaired) electrons. The first kappa shape index (κ1) is 11.4. The van der Waals surface area contributed by atoms with Crippen molar-refractivity contribution in [3.8, 4) is 6.07 Å². The van der Waals surface area contributed by atoms with Gasteiger partial charge in [0.2, 0.25) is 0 Å². The van der Waals surface area contributed by atoms with Crippen molar-refractivity contribution >= 4 is 23.4 Å². The maximum Gasteiger partial charge on any atom is 0.0993 e. The lowest BCUT2D eigenvalue weighted by Gasteiger charge is -2.06. The Kier molecular flexibility index (Phi) is 4.24. The molecule has 1 aromatic heterocycles. The van der Waals surface area contributed by atoms with Crippen molar-refractivity contribution in [2.75, 3.05) is 5.88 Å². The van der Waals surface area contributed by atoms with E-state index in [4.69, 9.17) is 16.9 Å². The van der Waals surface area contributed by atoms with Crippen molar-refractivity contribution < 1.29 is 0 Å². The van der Waals surface area contributed by atoms with Crippen LogP contribution in [0.4, 0.5) is 0 Å². The average molecular weight is 227 g/mol. The molecular weight excluding hydrogens is 216 g/mol. The van der Waals surface area contributed by atoms with Gasteiger partial charge in [-0.25, -0.2) is 4.98 Å². The predicted molar refractivity (Wildman–Crippen MR) is 59.7 cm³/mol. The SMILES string of the molecule is Cc1cc(C#N)cc(SC(C)CCl)n1. The van der Waals surface area contributed by atoms with E-state index in [1.807, 2.05) is 13.8 Å². The number of hydrogen-bond acceptors (Lipinski definition) is 3. The van der Waals surface area contributed by atoms with Crippen molar-refractivity contribution in [2.24, 2.45) is 0 Å². The van der Waals surface area contributed by atoms with Crippen molar-refractivity contribution in [3.05, 3.63) is 23.4 Å². The first-order valence-corrected chi connectivity index (χ1v) is 5.68. The number of nitrogens with zero attached hydrogens (tertiary/aromatic N) is 2. The molecule has 0 aliphatic rings. The summed E-state index contributed by atoms with van der Waals surface area (Å²) >= 11 is 7.29. The zero-order valence-electron chi connectivity index (χ0n) is 8.12. The second-order valence-corrected chi connectivity index (χ2v) is 4.80. The van der Waals surface area contributed by atoms with Gasteiger partial charge in [0, 0.05) is 16.8 Å². The quantitative estimate of drug-likeness (QED) is 0.587. The van der Waals surface area contributed by atoms with Gasteiger partial charge in [-0.1, -0.05) is 6.92 Å². The summed E-state index contributed by atoms with van der Waals surface area (Å²) in [5, 5.41) is 9.95. The van der Waals surface area contributed by atoms with Crippen molar-refractivity contribution in [3.63, 3.8) is 0 Å². The second-order valence-electron chi connectivity index (χ2n) is 3.03. The van der Waals surface area contributed by atoms with E-state index in [0.717, 1.165) is 10.7 Å². The van der Waals surface area contributed by atoms with Gasteiger partial charge < -0.3 is 0 Å². The van der Waals surface area contributed by atoms with Gasteiger partial charge in [0.05, 0.1) is 16.7 Å². The van der Waals surface area contributed by atoms with Crippen LogP contribution in [0.3, 0.4) is 0 Å². The van der Waals surface area contributed by atoms with Crippen LogP contribution in [-0.4, -0.2) is 16.1 Å². The fraction of sp³-hybridized carbons (Fsp3) is 0.400. The zero-order chi connectivity index (χ0) is 10.6. The van der Waals surface area contributed by atoms with Gasteiger partial charge in [0.15, 0.2) is 0 Å². The number of alkyl halides is 1. The third kappa shape index (κ3) is 3.21. The number of nitriles is 1. The van der Waals surface area contributed by atoms with Crippen molar-refractivity contribution in [2.45, 2.75) is 24.1 Å². The van der Waals surface area contributed by atoms with E-state index in [0.29, 0.717) is 16.7 Å². The van der Waals surface area contributed by atoms with Crippen LogP contribution in [0.1, 0.15) is 18.2 Å². The smallest absolute Gasteiger partial charge is 0.0993 e. The Morgan fingerprint density at radius 2 is 2.36 bits per heavy atom. The molecule has 0 aliphatic carbocycles. The van der Waals surface area contributed by atoms with Crippen LogP contribution in [0, 0.1) is 18.3 Å². The molecule has 1 atom stereocenters. The molecule has 1 heterocycles. The molecule has 0 spiro atoms. The van der Waals surface area contributed by atoms with Crippen molar-refractivity contribution in [1.29, 1.82) is 5.26 Å². The summed E-state index contributed by atoms with van der Waals surface area (Å²) in [4.78, 5) is 4.32. The number of thioether (sulfide) groups is 1. The number of halogens is 1. The van der Waals surface area contributed by atoms with Gasteiger partial charge >= 0.3 is 0 Å². The molecule has 1 unspecified atom stereocenters. The third-order valence-corrected chi connectivity index (χ3v) is 3.26. The van der Waals surface area contributed by atoms with E-state index in [1.54, 1.807) is 23.9 Å². The molecule has 0 saturated carbocycles. The minimum atomic E-state index is 0.317. The molecule has 0 aliphatic heterocycles. The Labute approximate surface area is 93.3 Å². The summed E-state index contributed by atoms with van der Waals surface area (Å²) in [6, 6.07) is 5.68. The fourth-order valence-corrected chi connectivity index (χ4v) is 2.06. The standard InChI is InChI=1S/C10H11ClN2S/c1-7-3-9(6-12)4-10(13-7)14-8(2)5-11/h3-4,8H,5H2,1-2H3. The lowest BCUT2D eigenvalue weighted by Crippen LogP contribution is -1.98. The summed E-state index contributed by atoms with van der Waals surface area (Å²) in [6.07, 6.45) is 0. The van der Waals surface area contributed by atoms with Gasteiger partial charge in [-0.15, -0.1) is 23.4 Å². The maximum atomic E-state index is 8.76. The Hall–Kier alpha value is -0.720. The Morgan fingerprint density at radius 3 is 2.93 bits per heavy atom. The lowest BCUT2D eigenvalue weighted by molar-refractivity contribution is 1.04. The van der Waals surface area contributed by atoms with Crippen LogP contribution in [0.5, 0.6) is 0 Å². The van der Waals surface area contributed by atoms with Crippen LogP contribution in [0.2, 0.25) is 0 Å². The van der Waals surface area contributed by atoms with Crippen LogP contribution in [0.15, 0.2) is 17.2 Å². The summed E-state index contributed by atoms with van der Waals surface area (Å²) in [5.74, 6) is 0.585. The summed E-state index contributed by atoms with van der Waals surface area (Å²) in [5.41, 5.74) is 1.52. The molecule has 2 nitrogen and oxygen atoms in total. The molecule has 74 valence electrons. The molecule has 0 saturated heterocycles. The summed E-state index contributed by atoms with van der Waals surface area (Å²) in [6.45, 7) is 3.92. The van der Waals surface area contributed by atoms with E-state index in [2.05, 4.69) is 11.1 Å². The number of rotatable bonds is 3. The molecule has 14 heavy (non-hydrogen) atoms. The van der Waals surface area contributed by atoms with Gasteiger partial charge in [0.25, 0.3) is 0 Å². The molecule has 1 aromatic rings. The van der Waals surface area contributed by atoms with Crippen LogP contribution in [-0.2, 0) is 0 Å². The molecule has 1 rings (SSSR count). The van der Waals surface area contributed by atoms with E-state index < -0.39 is 0 Å². The first-order chi connectivity index (χ1) is 6.65. The largest absolute Gasteiger partial charge is 0.247 e. The Bertz CT molecular complexity index is 360. The van der Waals surface area contributed by atoms with E-state index in [-0.39, 0.29) is 0 Å². The molecule has 0 bridgehead atoms. The highest BCUT2D eigenvalue weighted by molar-refractivity contribution is 7.99. The zero-order valence-corrected chi connectivity index (χ0v) is 9.69. The Morgan fingerprint density at radius 1 is 1.64 bits per heavy atom. The summed E-state index contributed by atoms with van der Waals surface area (Å²) in [7, 11) is 0. The van der Waals surface area contributed by atoms with Gasteiger partial charge in [0.1, 0.15) is 0 Å². The molecule has 0 aromatic carbocycles. The first-order valence-electron chi connectivity index (χ1n) is 4.27. The fourth-order valence-electron chi connectivity index (χ4n) is 1.00. The third-order valence-electron chi connectivity index (χ3n) is 1.60. The monoisotopic (exact) mass is 226 g/mol. The van der Waals surface area contributed by atoms with Gasteiger partial charge in [-0.05, 0) is 19.1 Å². The van der Waals surface area contributed by atoms with Gasteiger partial charge in [-0.2, -0.15) is 5.26 Å². The average Bonchev–Trinajstić information content (AvgIpc) is 2.16. The highest BCUT2D eigenvalue weighted by Crippen LogP contribution is 2.23. The topological polar surface area (TPSA) is 36.7 Å². The summed E-state index contributed by atoms with van der Waals surface area (Å²) < 4.78 is 0. The molecule has 0 N–H and O–H groups in total.